The van der Waals surface area contributed by atoms with E-state index in [0.717, 1.165) is 4.90 Å². The molecule has 0 bridgehead atoms. The molecule has 1 heterocycles. The van der Waals surface area contributed by atoms with Gasteiger partial charge in [0, 0.05) is 6.54 Å². The fraction of sp³-hybridized carbons (Fsp3) is 0.706. The predicted octanol–water partition coefficient (Wildman–Crippen LogP) is 3.13. The molecule has 1 rings (SSSR count). The molecule has 0 aromatic carbocycles. The van der Waals surface area contributed by atoms with E-state index in [1.807, 2.05) is 0 Å². The molecule has 144 valence electrons. The van der Waals surface area contributed by atoms with E-state index < -0.39 is 40.4 Å². The lowest BCUT2D eigenvalue weighted by Gasteiger charge is -2.39. The maximum Gasteiger partial charge on any atom is 0.506 e. The summed E-state index contributed by atoms with van der Waals surface area (Å²) >= 11 is 0. The Labute approximate surface area is 152 Å². The van der Waals surface area contributed by atoms with E-state index in [1.165, 1.54) is 0 Å². The fourth-order valence-corrected chi connectivity index (χ4v) is 2.82. The summed E-state index contributed by atoms with van der Waals surface area (Å²) in [5.74, 6) is -2.47. The summed E-state index contributed by atoms with van der Waals surface area (Å²) in [6.07, 6.45) is -0.155. The topological polar surface area (TPSA) is 121 Å². The maximum atomic E-state index is 13.0. The molecule has 0 saturated carbocycles. The van der Waals surface area contributed by atoms with Crippen LogP contribution in [0.1, 0.15) is 53.9 Å². The van der Waals surface area contributed by atoms with Crippen LogP contribution in [0.5, 0.6) is 0 Å². The molecule has 1 N–H and O–H groups in total. The molecule has 1 unspecified atom stereocenters. The van der Waals surface area contributed by atoms with Crippen molar-refractivity contribution in [1.29, 1.82) is 5.39 Å². The van der Waals surface area contributed by atoms with Gasteiger partial charge in [0.05, 0.1) is 6.61 Å². The van der Waals surface area contributed by atoms with Gasteiger partial charge >= 0.3 is 17.8 Å². The van der Waals surface area contributed by atoms with E-state index in [9.17, 15) is 19.5 Å². The molecule has 0 aromatic rings. The van der Waals surface area contributed by atoms with Crippen molar-refractivity contribution in [2.45, 2.75) is 59.5 Å². The van der Waals surface area contributed by atoms with Gasteiger partial charge in [0.1, 0.15) is 11.0 Å². The van der Waals surface area contributed by atoms with Crippen LogP contribution in [0, 0.1) is 10.8 Å². The highest BCUT2D eigenvalue weighted by molar-refractivity contribution is 5.99. The molecule has 9 nitrogen and oxygen atoms in total. The average Bonchev–Trinajstić information content (AvgIpc) is 2.54. The second kappa shape index (κ2) is 8.17. The summed E-state index contributed by atoms with van der Waals surface area (Å²) in [5, 5.41) is 19.7. The van der Waals surface area contributed by atoms with Crippen molar-refractivity contribution in [2.75, 3.05) is 13.2 Å². The van der Waals surface area contributed by atoms with Crippen molar-refractivity contribution in [2.24, 2.45) is 5.41 Å². The first-order valence-electron chi connectivity index (χ1n) is 8.55. The Balaban J connectivity index is 3.32. The third kappa shape index (κ3) is 4.31. The van der Waals surface area contributed by atoms with Gasteiger partial charge in [-0.05, 0) is 47.0 Å². The second-order valence-corrected chi connectivity index (χ2v) is 6.99. The number of hydrogen-bond acceptors (Lipinski definition) is 7. The molecule has 0 radical (unpaired) electrons. The summed E-state index contributed by atoms with van der Waals surface area (Å²) in [4.78, 5) is 41.0. The summed E-state index contributed by atoms with van der Waals surface area (Å²) in [6, 6.07) is 0. The van der Waals surface area contributed by atoms with Crippen molar-refractivity contribution >= 4 is 18.0 Å². The molecular weight excluding hydrogens is 342 g/mol. The highest BCUT2D eigenvalue weighted by Gasteiger charge is 2.53. The van der Waals surface area contributed by atoms with E-state index in [1.54, 1.807) is 34.6 Å². The number of aliphatic hydroxyl groups is 1. The van der Waals surface area contributed by atoms with Crippen molar-refractivity contribution in [3.8, 4) is 0 Å². The number of piperidine rings is 1. The van der Waals surface area contributed by atoms with Gasteiger partial charge in [-0.15, -0.1) is 0 Å². The van der Waals surface area contributed by atoms with Crippen LogP contribution in [-0.2, 0) is 19.1 Å². The average molecular weight is 368 g/mol. The summed E-state index contributed by atoms with van der Waals surface area (Å²) < 4.78 is 9.99. The molecule has 1 aliphatic heterocycles. The molecular formula is C17H26N3O6+. The number of diazo groups is 1. The molecule has 26 heavy (non-hydrogen) atoms. The first-order chi connectivity index (χ1) is 12.0. The zero-order valence-electron chi connectivity index (χ0n) is 15.9. The Morgan fingerprint density at radius 1 is 1.35 bits per heavy atom. The number of rotatable bonds is 4. The Hall–Kier alpha value is -2.63. The minimum Gasteiger partial charge on any atom is -0.504 e. The van der Waals surface area contributed by atoms with E-state index in [0.29, 0.717) is 6.42 Å². The van der Waals surface area contributed by atoms with Gasteiger partial charge in [-0.25, -0.2) is 14.5 Å². The largest absolute Gasteiger partial charge is 0.506 e. The SMILES string of the molecule is CCOC(=O)/C([N+]#N)=C(\O)C1(CC)CCCN(C(=O)OC(C)(C)C)C1=O. The van der Waals surface area contributed by atoms with Crippen LogP contribution in [0.3, 0.4) is 0 Å². The smallest absolute Gasteiger partial charge is 0.504 e. The zero-order valence-corrected chi connectivity index (χ0v) is 15.9. The van der Waals surface area contributed by atoms with Crippen molar-refractivity contribution in [1.82, 2.24) is 4.90 Å². The van der Waals surface area contributed by atoms with Crippen LogP contribution in [0.25, 0.3) is 4.98 Å². The van der Waals surface area contributed by atoms with Gasteiger partial charge in [-0.1, -0.05) is 6.92 Å². The Kier molecular flexibility index (Phi) is 6.73. The highest BCUT2D eigenvalue weighted by Crippen LogP contribution is 2.42. The Morgan fingerprint density at radius 3 is 2.42 bits per heavy atom. The lowest BCUT2D eigenvalue weighted by molar-refractivity contribution is -0.145. The Bertz CT molecular complexity index is 658. The fourth-order valence-electron chi connectivity index (χ4n) is 2.82. The van der Waals surface area contributed by atoms with Crippen molar-refractivity contribution in [3.63, 3.8) is 0 Å². The molecule has 2 amide bonds. The van der Waals surface area contributed by atoms with Crippen molar-refractivity contribution < 1.29 is 29.0 Å². The van der Waals surface area contributed by atoms with Crippen LogP contribution in [0.15, 0.2) is 11.5 Å². The molecule has 0 aliphatic carbocycles. The van der Waals surface area contributed by atoms with Gasteiger partial charge in [0.15, 0.2) is 4.98 Å². The number of esters is 1. The standard InChI is InChI=1S/C17H25N3O6/c1-6-17(12(21)11(19-18)13(22)25-7-2)9-8-10-20(14(17)23)15(24)26-16(3,4)5/h6-10H2,1-5H3/p+1. The third-order valence-electron chi connectivity index (χ3n) is 4.10. The number of imide groups is 1. The van der Waals surface area contributed by atoms with Crippen LogP contribution in [0.4, 0.5) is 4.79 Å². The third-order valence-corrected chi connectivity index (χ3v) is 4.10. The van der Waals surface area contributed by atoms with E-state index >= 15 is 0 Å². The van der Waals surface area contributed by atoms with Gasteiger partial charge in [-0.3, -0.25) is 4.79 Å². The number of likely N-dealkylation sites (tertiary alicyclic amines) is 1. The first-order valence-corrected chi connectivity index (χ1v) is 8.55. The number of aliphatic hydroxyl groups excluding tert-OH is 1. The number of carbonyl (C=O) groups is 3. The number of carbonyl (C=O) groups excluding carboxylic acids is 3. The van der Waals surface area contributed by atoms with Crippen LogP contribution in [-0.4, -0.2) is 46.7 Å². The van der Waals surface area contributed by atoms with Crippen molar-refractivity contribution in [3.05, 3.63) is 16.4 Å². The monoisotopic (exact) mass is 368 g/mol. The van der Waals surface area contributed by atoms with Gasteiger partial charge < -0.3 is 14.6 Å². The number of ether oxygens (including phenoxy) is 2. The number of hydrogen-bond donors (Lipinski definition) is 1. The Morgan fingerprint density at radius 2 is 1.96 bits per heavy atom. The molecule has 1 saturated heterocycles. The van der Waals surface area contributed by atoms with Gasteiger partial charge in [-0.2, -0.15) is 0 Å². The molecule has 1 fully saturated rings. The first kappa shape index (κ1) is 21.4. The predicted molar refractivity (Wildman–Crippen MR) is 91.3 cm³/mol. The number of amides is 2. The normalized spacial score (nSPS) is 21.5. The molecule has 1 aliphatic rings. The minimum absolute atomic E-state index is 0.00222. The number of nitrogens with zero attached hydrogens (tertiary/aromatic N) is 3. The van der Waals surface area contributed by atoms with E-state index in [4.69, 9.17) is 14.9 Å². The lowest BCUT2D eigenvalue weighted by atomic mass is 9.74. The second-order valence-electron chi connectivity index (χ2n) is 6.99. The van der Waals surface area contributed by atoms with Crippen LogP contribution < -0.4 is 0 Å². The maximum absolute atomic E-state index is 13.0. The zero-order chi connectivity index (χ0) is 20.1. The molecule has 1 atom stereocenters. The summed E-state index contributed by atoms with van der Waals surface area (Å²) in [6.45, 7) is 8.34. The summed E-state index contributed by atoms with van der Waals surface area (Å²) in [7, 11) is 0. The quantitative estimate of drug-likeness (QED) is 0.350. The van der Waals surface area contributed by atoms with E-state index in [-0.39, 0.29) is 26.0 Å². The van der Waals surface area contributed by atoms with Gasteiger partial charge in [0.2, 0.25) is 17.1 Å². The van der Waals surface area contributed by atoms with E-state index in [2.05, 4.69) is 4.98 Å². The van der Waals surface area contributed by atoms with Gasteiger partial charge in [0.25, 0.3) is 0 Å². The minimum atomic E-state index is -1.57. The molecule has 0 spiro atoms. The highest BCUT2D eigenvalue weighted by atomic mass is 16.6. The summed E-state index contributed by atoms with van der Waals surface area (Å²) in [5.41, 5.74) is -3.10. The van der Waals surface area contributed by atoms with Crippen LogP contribution >= 0.6 is 0 Å². The van der Waals surface area contributed by atoms with Crippen LogP contribution in [0.2, 0.25) is 0 Å². The lowest BCUT2D eigenvalue weighted by Crippen LogP contribution is -2.53. The molecule has 9 heteroatoms. The molecule has 0 aromatic heterocycles.